The topological polar surface area (TPSA) is 78.6 Å². The Bertz CT molecular complexity index is 215. The minimum atomic E-state index is -1.32. The van der Waals surface area contributed by atoms with Crippen molar-refractivity contribution in [2.75, 3.05) is 13.2 Å². The van der Waals surface area contributed by atoms with Gasteiger partial charge >= 0.3 is 11.9 Å². The third-order valence-corrected chi connectivity index (χ3v) is 1.73. The highest BCUT2D eigenvalue weighted by atomic mass is 16.6. The molecule has 5 nitrogen and oxygen atoms in total. The van der Waals surface area contributed by atoms with Gasteiger partial charge < -0.3 is 15.2 Å². The summed E-state index contributed by atoms with van der Waals surface area (Å²) < 4.78 is 9.40. The van der Waals surface area contributed by atoms with E-state index in [1.807, 2.05) is 13.8 Å². The van der Waals surface area contributed by atoms with Crippen LogP contribution in [0.1, 0.15) is 27.2 Å². The van der Waals surface area contributed by atoms with E-state index >= 15 is 0 Å². The van der Waals surface area contributed by atoms with Crippen LogP contribution in [0.5, 0.6) is 0 Å². The summed E-state index contributed by atoms with van der Waals surface area (Å²) in [4.78, 5) is 22.2. The van der Waals surface area contributed by atoms with Crippen LogP contribution in [0.3, 0.4) is 0 Å². The van der Waals surface area contributed by atoms with E-state index in [4.69, 9.17) is 10.5 Å². The highest BCUT2D eigenvalue weighted by Crippen LogP contribution is 2.00. The van der Waals surface area contributed by atoms with Crippen LogP contribution in [0, 0.1) is 5.92 Å². The van der Waals surface area contributed by atoms with Crippen molar-refractivity contribution in [1.82, 2.24) is 0 Å². The zero-order valence-corrected chi connectivity index (χ0v) is 9.49. The van der Waals surface area contributed by atoms with Crippen LogP contribution < -0.4 is 5.73 Å². The predicted octanol–water partition coefficient (Wildman–Crippen LogP) is 0.466. The van der Waals surface area contributed by atoms with Crippen molar-refractivity contribution in [1.29, 1.82) is 0 Å². The molecular formula is C10H19NO4. The molecule has 0 aliphatic carbocycles. The molecule has 88 valence electrons. The molecule has 0 aliphatic heterocycles. The van der Waals surface area contributed by atoms with Gasteiger partial charge in [-0.05, 0) is 19.3 Å². The first-order chi connectivity index (χ1) is 6.99. The number of nitrogens with two attached hydrogens (primary N) is 1. The first-order valence-corrected chi connectivity index (χ1v) is 5.07. The lowest BCUT2D eigenvalue weighted by Gasteiger charge is -2.11. The van der Waals surface area contributed by atoms with Gasteiger partial charge in [-0.15, -0.1) is 0 Å². The van der Waals surface area contributed by atoms with Gasteiger partial charge in [0.05, 0.1) is 13.2 Å². The molecule has 0 radical (unpaired) electrons. The first-order valence-electron chi connectivity index (χ1n) is 5.07. The zero-order valence-electron chi connectivity index (χ0n) is 9.49. The van der Waals surface area contributed by atoms with Gasteiger partial charge in [0, 0.05) is 0 Å². The Morgan fingerprint density at radius 3 is 2.20 bits per heavy atom. The van der Waals surface area contributed by atoms with Crippen molar-refractivity contribution < 1.29 is 19.1 Å². The second-order valence-electron chi connectivity index (χ2n) is 3.58. The van der Waals surface area contributed by atoms with Gasteiger partial charge in [0.2, 0.25) is 6.04 Å². The fraction of sp³-hybridized carbons (Fsp3) is 0.800. The van der Waals surface area contributed by atoms with Gasteiger partial charge in [0.25, 0.3) is 0 Å². The molecular weight excluding hydrogens is 198 g/mol. The Kier molecular flexibility index (Phi) is 6.70. The molecule has 0 heterocycles. The maximum Gasteiger partial charge on any atom is 0.334 e. The molecule has 0 saturated heterocycles. The van der Waals surface area contributed by atoms with Crippen LogP contribution in [-0.2, 0) is 19.1 Å². The lowest BCUT2D eigenvalue weighted by molar-refractivity contribution is -0.156. The third-order valence-electron chi connectivity index (χ3n) is 1.73. The number of carbonyl (C=O) groups excluding carboxylic acids is 2. The standard InChI is InChI=1S/C10H19NO4/c1-4-14-9(12)8(11)10(13)15-6-5-7(2)3/h7-8H,4-6,11H2,1-3H3. The lowest BCUT2D eigenvalue weighted by Crippen LogP contribution is -2.41. The van der Waals surface area contributed by atoms with Gasteiger partial charge in [0.15, 0.2) is 0 Å². The molecule has 1 atom stereocenters. The highest BCUT2D eigenvalue weighted by Gasteiger charge is 2.24. The van der Waals surface area contributed by atoms with Gasteiger partial charge in [-0.1, -0.05) is 13.8 Å². The summed E-state index contributed by atoms with van der Waals surface area (Å²) in [5.41, 5.74) is 5.31. The fourth-order valence-corrected chi connectivity index (χ4v) is 0.813. The third kappa shape index (κ3) is 6.06. The summed E-state index contributed by atoms with van der Waals surface area (Å²) in [5.74, 6) is -1.03. The van der Waals surface area contributed by atoms with Crippen molar-refractivity contribution in [3.05, 3.63) is 0 Å². The minimum absolute atomic E-state index is 0.200. The zero-order chi connectivity index (χ0) is 11.8. The normalized spacial score (nSPS) is 12.3. The van der Waals surface area contributed by atoms with Crippen molar-refractivity contribution in [2.24, 2.45) is 11.7 Å². The number of rotatable bonds is 6. The lowest BCUT2D eigenvalue weighted by atomic mass is 10.1. The van der Waals surface area contributed by atoms with Crippen molar-refractivity contribution >= 4 is 11.9 Å². The number of hydrogen-bond donors (Lipinski definition) is 1. The largest absolute Gasteiger partial charge is 0.464 e. The Labute approximate surface area is 89.9 Å². The summed E-state index contributed by atoms with van der Waals surface area (Å²) in [5, 5.41) is 0. The molecule has 0 spiro atoms. The van der Waals surface area contributed by atoms with E-state index in [1.165, 1.54) is 0 Å². The van der Waals surface area contributed by atoms with E-state index in [2.05, 4.69) is 4.74 Å². The molecule has 0 bridgehead atoms. The van der Waals surface area contributed by atoms with Gasteiger partial charge in [-0.3, -0.25) is 0 Å². The first kappa shape index (κ1) is 13.9. The van der Waals surface area contributed by atoms with E-state index in [0.717, 1.165) is 6.42 Å². The summed E-state index contributed by atoms with van der Waals surface area (Å²) in [6.07, 6.45) is 0.751. The predicted molar refractivity (Wildman–Crippen MR) is 55.0 cm³/mol. The summed E-state index contributed by atoms with van der Waals surface area (Å²) >= 11 is 0. The molecule has 0 amide bonds. The van der Waals surface area contributed by atoms with Crippen LogP contribution in [0.2, 0.25) is 0 Å². The second-order valence-corrected chi connectivity index (χ2v) is 3.58. The van der Waals surface area contributed by atoms with E-state index in [1.54, 1.807) is 6.92 Å². The molecule has 0 aromatic rings. The number of esters is 2. The van der Waals surface area contributed by atoms with Gasteiger partial charge in [-0.2, -0.15) is 0 Å². The van der Waals surface area contributed by atoms with E-state index in [0.29, 0.717) is 5.92 Å². The maximum absolute atomic E-state index is 11.2. The Morgan fingerprint density at radius 2 is 1.73 bits per heavy atom. The van der Waals surface area contributed by atoms with E-state index in [9.17, 15) is 9.59 Å². The Morgan fingerprint density at radius 1 is 1.20 bits per heavy atom. The molecule has 0 rings (SSSR count). The average molecular weight is 217 g/mol. The van der Waals surface area contributed by atoms with E-state index < -0.39 is 18.0 Å². The molecule has 0 fully saturated rings. The van der Waals surface area contributed by atoms with E-state index in [-0.39, 0.29) is 13.2 Å². The molecule has 0 aliphatic rings. The van der Waals surface area contributed by atoms with Gasteiger partial charge in [0.1, 0.15) is 0 Å². The average Bonchev–Trinajstić information content (AvgIpc) is 2.16. The summed E-state index contributed by atoms with van der Waals surface area (Å²) in [7, 11) is 0. The summed E-state index contributed by atoms with van der Waals surface area (Å²) in [6.45, 7) is 6.16. The smallest absolute Gasteiger partial charge is 0.334 e. The van der Waals surface area contributed by atoms with Crippen molar-refractivity contribution in [3.8, 4) is 0 Å². The van der Waals surface area contributed by atoms with Crippen molar-refractivity contribution in [2.45, 2.75) is 33.2 Å². The Balaban J connectivity index is 3.83. The van der Waals surface area contributed by atoms with Crippen LogP contribution in [-0.4, -0.2) is 31.2 Å². The molecule has 0 aromatic carbocycles. The van der Waals surface area contributed by atoms with Gasteiger partial charge in [-0.25, -0.2) is 9.59 Å². The minimum Gasteiger partial charge on any atom is -0.464 e. The molecule has 0 aromatic heterocycles. The second kappa shape index (κ2) is 7.23. The molecule has 0 saturated carbocycles. The molecule has 1 unspecified atom stereocenters. The van der Waals surface area contributed by atoms with Crippen LogP contribution in [0.15, 0.2) is 0 Å². The monoisotopic (exact) mass is 217 g/mol. The quantitative estimate of drug-likeness (QED) is 0.516. The fourth-order valence-electron chi connectivity index (χ4n) is 0.813. The SMILES string of the molecule is CCOC(=O)C(N)C(=O)OCCC(C)C. The highest BCUT2D eigenvalue weighted by molar-refractivity contribution is 5.98. The Hall–Kier alpha value is -1.10. The molecule has 15 heavy (non-hydrogen) atoms. The number of hydrogen-bond acceptors (Lipinski definition) is 5. The summed E-state index contributed by atoms with van der Waals surface area (Å²) in [6, 6.07) is -1.32. The maximum atomic E-state index is 11.2. The molecule has 2 N–H and O–H groups in total. The molecule has 5 heteroatoms. The van der Waals surface area contributed by atoms with Crippen LogP contribution in [0.4, 0.5) is 0 Å². The van der Waals surface area contributed by atoms with Crippen molar-refractivity contribution in [3.63, 3.8) is 0 Å². The van der Waals surface area contributed by atoms with Crippen LogP contribution in [0.25, 0.3) is 0 Å². The number of carbonyl (C=O) groups is 2. The van der Waals surface area contributed by atoms with Crippen LogP contribution >= 0.6 is 0 Å². The number of ether oxygens (including phenoxy) is 2.